The Morgan fingerprint density at radius 1 is 0.818 bits per heavy atom. The second-order valence-corrected chi connectivity index (χ2v) is 21.8. The van der Waals surface area contributed by atoms with E-state index in [1.165, 1.54) is 83.1 Å². The Kier molecular flexibility index (Phi) is 18.2. The molecule has 9 N–H and O–H groups in total. The van der Waals surface area contributed by atoms with Gasteiger partial charge in [-0.25, -0.2) is 14.4 Å². The Balaban J connectivity index is 1.46. The average molecular weight is 1090 g/mol. The molecule has 16 atom stereocenters. The van der Waals surface area contributed by atoms with Crippen molar-refractivity contribution in [3.8, 4) is 0 Å². The summed E-state index contributed by atoms with van der Waals surface area (Å²) in [5.41, 5.74) is -10.2. The van der Waals surface area contributed by atoms with Crippen molar-refractivity contribution in [2.45, 2.75) is 185 Å². The topological polar surface area (TPSA) is 358 Å². The van der Waals surface area contributed by atoms with Crippen LogP contribution < -0.4 is 5.32 Å². The first-order valence-corrected chi connectivity index (χ1v) is 25.3. The number of benzene rings is 2. The monoisotopic (exact) mass is 1090 g/mol. The first-order chi connectivity index (χ1) is 35.9. The van der Waals surface area contributed by atoms with Crippen LogP contribution in [0.2, 0.25) is 0 Å². The second kappa shape index (κ2) is 23.2. The molecule has 2 aromatic carbocycles. The SMILES string of the molecule is CC[C@]1(OC(C)=O)[C@H](O)C[C@H](O)[C@@]2(C)C(=O)[C@H](O)C3=C(C)[C@@H](OC(=O)[C@H](OC(=O)CCC(=O)O[C@@H]4O[C@H](CO)[C@@H](O)[C@H](O)[C@H]4O)[C@@H](NC(=O)OC(C)(C)C)c4ccccc4)C[C@@](O)([C@@H](OC(=O)c4ccccc4)[C@H]12)C3(C)C. The van der Waals surface area contributed by atoms with E-state index in [1.54, 1.807) is 32.9 Å². The van der Waals surface area contributed by atoms with Crippen molar-refractivity contribution in [2.75, 3.05) is 6.61 Å². The number of alkyl carbamates (subject to hydrolysis) is 1. The van der Waals surface area contributed by atoms with Crippen molar-refractivity contribution >= 4 is 41.7 Å². The molecule has 2 aromatic rings. The highest BCUT2D eigenvalue weighted by Gasteiger charge is 2.75. The molecule has 0 aromatic heterocycles. The van der Waals surface area contributed by atoms with Gasteiger partial charge in [-0.15, -0.1) is 0 Å². The summed E-state index contributed by atoms with van der Waals surface area (Å²) in [7, 11) is 0. The van der Waals surface area contributed by atoms with Crippen LogP contribution in [0.3, 0.4) is 0 Å². The molecule has 0 radical (unpaired) electrons. The van der Waals surface area contributed by atoms with E-state index >= 15 is 9.59 Å². The van der Waals surface area contributed by atoms with Gasteiger partial charge in [0.05, 0.1) is 48.6 Å². The maximum absolute atomic E-state index is 15.3. The maximum Gasteiger partial charge on any atom is 0.408 e. The number of nitrogens with one attached hydrogen (secondary N) is 1. The number of amides is 1. The zero-order valence-electron chi connectivity index (χ0n) is 44.3. The lowest BCUT2D eigenvalue weighted by Crippen LogP contribution is -2.77. The molecule has 2 saturated carbocycles. The number of ketones is 1. The molecule has 23 heteroatoms. The number of carbonyl (C=O) groups is 7. The molecule has 4 aliphatic rings. The largest absolute Gasteiger partial charge is 0.456 e. The number of hydrogen-bond acceptors (Lipinski definition) is 22. The highest BCUT2D eigenvalue weighted by molar-refractivity contribution is 5.94. The number of Topliss-reactive ketones (excluding diaryl/α,β-unsaturated/α-hetero) is 1. The summed E-state index contributed by atoms with van der Waals surface area (Å²) in [5, 5.41) is 93.1. The van der Waals surface area contributed by atoms with Gasteiger partial charge in [-0.05, 0) is 69.9 Å². The van der Waals surface area contributed by atoms with Gasteiger partial charge >= 0.3 is 35.9 Å². The Morgan fingerprint density at radius 2 is 1.42 bits per heavy atom. The highest BCUT2D eigenvalue weighted by atomic mass is 16.7. The summed E-state index contributed by atoms with van der Waals surface area (Å²) in [5.74, 6) is -8.87. The van der Waals surface area contributed by atoms with E-state index in [9.17, 15) is 64.8 Å². The fraction of sp³-hybridized carbons (Fsp3) is 0.611. The molecule has 77 heavy (non-hydrogen) atoms. The third-order valence-corrected chi connectivity index (χ3v) is 15.5. The van der Waals surface area contributed by atoms with Gasteiger partial charge in [0.15, 0.2) is 5.78 Å². The van der Waals surface area contributed by atoms with Crippen LogP contribution in [-0.4, -0.2) is 173 Å². The number of aliphatic hydroxyl groups excluding tert-OH is 7. The van der Waals surface area contributed by atoms with Gasteiger partial charge in [0.1, 0.15) is 65.6 Å². The minimum Gasteiger partial charge on any atom is -0.456 e. The van der Waals surface area contributed by atoms with Crippen LogP contribution in [0.1, 0.15) is 116 Å². The van der Waals surface area contributed by atoms with Crippen molar-refractivity contribution in [3.05, 3.63) is 82.9 Å². The zero-order chi connectivity index (χ0) is 57.3. The average Bonchev–Trinajstić information content (AvgIpc) is 3.49. The molecule has 3 aliphatic carbocycles. The smallest absolute Gasteiger partial charge is 0.408 e. The van der Waals surface area contributed by atoms with Gasteiger partial charge in [-0.3, -0.25) is 19.2 Å². The zero-order valence-corrected chi connectivity index (χ0v) is 44.3. The first-order valence-electron chi connectivity index (χ1n) is 25.3. The minimum atomic E-state index is -2.62. The van der Waals surface area contributed by atoms with Crippen LogP contribution in [0.5, 0.6) is 0 Å². The van der Waals surface area contributed by atoms with Gasteiger partial charge in [0.2, 0.25) is 12.4 Å². The standard InChI is InChI=1S/C54H71NO22/c1-10-53(76-27(3)57)33(59)23-32(58)52(9)43(53)45(75-46(67)29-19-15-12-16-20-29)54(70)24-30(26(2)36(51(54,7)8)39(63)44(52)66)71-47(68)42(37(28-17-13-11-14-18-28)55-49(69)77-50(4,5)6)73-34(60)21-22-35(61)74-48-41(65)40(64)38(62)31(25-56)72-48/h11-20,30-33,37-43,45,48,56,58-59,62-65,70H,10,21-25H2,1-9H3,(H,55,69)/t30-,31+,32-,33+,37-,38+,39+,40-,41+,42+,43-,45-,48-,52+,53-,54+/m0/s1. The Bertz CT molecular complexity index is 2550. The fourth-order valence-corrected chi connectivity index (χ4v) is 11.4. The fourth-order valence-electron chi connectivity index (χ4n) is 11.4. The minimum absolute atomic E-state index is 0.0199. The molecule has 1 saturated heterocycles. The van der Waals surface area contributed by atoms with Crippen molar-refractivity contribution < 1.29 is 108 Å². The summed E-state index contributed by atoms with van der Waals surface area (Å²) in [6.07, 6.45) is -25.1. The third-order valence-electron chi connectivity index (χ3n) is 15.5. The van der Waals surface area contributed by atoms with Crippen molar-refractivity contribution in [1.29, 1.82) is 0 Å². The van der Waals surface area contributed by atoms with Crippen LogP contribution in [0.15, 0.2) is 71.8 Å². The lowest BCUT2D eigenvalue weighted by atomic mass is 9.45. The van der Waals surface area contributed by atoms with Crippen molar-refractivity contribution in [1.82, 2.24) is 5.32 Å². The van der Waals surface area contributed by atoms with E-state index < -0.39 is 181 Å². The van der Waals surface area contributed by atoms with E-state index in [0.29, 0.717) is 0 Å². The molecule has 1 aliphatic heterocycles. The molecule has 424 valence electrons. The molecule has 0 spiro atoms. The van der Waals surface area contributed by atoms with E-state index in [4.69, 9.17) is 33.2 Å². The highest BCUT2D eigenvalue weighted by Crippen LogP contribution is 2.63. The van der Waals surface area contributed by atoms with Gasteiger partial charge in [-0.1, -0.05) is 69.3 Å². The van der Waals surface area contributed by atoms with Crippen molar-refractivity contribution in [2.24, 2.45) is 16.7 Å². The molecule has 6 rings (SSSR count). The molecular formula is C54H71NO22. The predicted molar refractivity (Wildman–Crippen MR) is 263 cm³/mol. The number of hydrogen-bond donors (Lipinski definition) is 9. The van der Waals surface area contributed by atoms with Crippen LogP contribution in [0.4, 0.5) is 4.79 Å². The van der Waals surface area contributed by atoms with Gasteiger partial charge in [0.25, 0.3) is 0 Å². The van der Waals surface area contributed by atoms with E-state index in [0.717, 1.165) is 6.92 Å². The molecule has 1 heterocycles. The summed E-state index contributed by atoms with van der Waals surface area (Å²) >= 11 is 0. The lowest BCUT2D eigenvalue weighted by Gasteiger charge is -2.64. The maximum atomic E-state index is 15.3. The first kappa shape index (κ1) is 60.3. The molecule has 23 nitrogen and oxygen atoms in total. The van der Waals surface area contributed by atoms with Gasteiger partial charge < -0.3 is 79.3 Å². The Labute approximate surface area is 444 Å². The molecule has 2 bridgehead atoms. The molecule has 1 amide bonds. The molecule has 0 unspecified atom stereocenters. The van der Waals surface area contributed by atoms with Crippen LogP contribution in [0.25, 0.3) is 0 Å². The second-order valence-electron chi connectivity index (χ2n) is 21.8. The number of rotatable bonds is 15. The van der Waals surface area contributed by atoms with Crippen LogP contribution >= 0.6 is 0 Å². The summed E-state index contributed by atoms with van der Waals surface area (Å²) < 4.78 is 40.2. The van der Waals surface area contributed by atoms with Crippen molar-refractivity contribution in [3.63, 3.8) is 0 Å². The Morgan fingerprint density at radius 3 is 1.99 bits per heavy atom. The number of ether oxygens (including phenoxy) is 7. The number of esters is 5. The third kappa shape index (κ3) is 11.8. The van der Waals surface area contributed by atoms with Gasteiger partial charge in [0, 0.05) is 25.2 Å². The van der Waals surface area contributed by atoms with Gasteiger partial charge in [-0.2, -0.15) is 0 Å². The predicted octanol–water partition coefficient (Wildman–Crippen LogP) is 1.31. The number of fused-ring (bicyclic) bond motifs is 3. The number of aliphatic hydroxyl groups is 8. The summed E-state index contributed by atoms with van der Waals surface area (Å²) in [6.45, 7) is 11.9. The summed E-state index contributed by atoms with van der Waals surface area (Å²) in [4.78, 5) is 98.6. The van der Waals surface area contributed by atoms with E-state index in [1.807, 2.05) is 0 Å². The lowest BCUT2D eigenvalue weighted by molar-refractivity contribution is -0.292. The molecule has 3 fully saturated rings. The summed E-state index contributed by atoms with van der Waals surface area (Å²) in [6, 6.07) is 13.4. The normalized spacial score (nSPS) is 33.6. The quantitative estimate of drug-likeness (QED) is 0.0689. The van der Waals surface area contributed by atoms with E-state index in [2.05, 4.69) is 5.32 Å². The Hall–Kier alpha value is -5.89. The molecular weight excluding hydrogens is 1010 g/mol. The number of carbonyl (C=O) groups excluding carboxylic acids is 7. The van der Waals surface area contributed by atoms with Crippen LogP contribution in [-0.2, 0) is 57.1 Å². The van der Waals surface area contributed by atoms with Crippen LogP contribution in [0, 0.1) is 16.7 Å². The van der Waals surface area contributed by atoms with E-state index in [-0.39, 0.29) is 28.7 Å².